The number of nitrogens with one attached hydrogen (secondary N) is 2. The summed E-state index contributed by atoms with van der Waals surface area (Å²) < 4.78 is 2.05. The zero-order valence-electron chi connectivity index (χ0n) is 16.5. The van der Waals surface area contributed by atoms with Crippen molar-refractivity contribution in [2.75, 3.05) is 10.6 Å². The molecule has 2 amide bonds. The zero-order valence-corrected chi connectivity index (χ0v) is 18.9. The fourth-order valence-electron chi connectivity index (χ4n) is 2.73. The van der Waals surface area contributed by atoms with Gasteiger partial charge < -0.3 is 5.32 Å². The molecule has 3 heterocycles. The minimum absolute atomic E-state index is 0.203. The van der Waals surface area contributed by atoms with Crippen molar-refractivity contribution in [2.24, 2.45) is 0 Å². The van der Waals surface area contributed by atoms with Crippen LogP contribution in [-0.4, -0.2) is 25.6 Å². The number of benzene rings is 1. The van der Waals surface area contributed by atoms with Crippen LogP contribution in [-0.2, 0) is 5.75 Å². The van der Waals surface area contributed by atoms with Crippen LogP contribution in [0.15, 0.2) is 51.7 Å². The number of aromatic nitrogens is 4. The van der Waals surface area contributed by atoms with E-state index >= 15 is 0 Å². The lowest BCUT2D eigenvalue weighted by Crippen LogP contribution is -2.19. The predicted octanol–water partition coefficient (Wildman–Crippen LogP) is 4.75. The summed E-state index contributed by atoms with van der Waals surface area (Å²) in [5.41, 5.74) is 3.90. The lowest BCUT2D eigenvalue weighted by atomic mass is 10.1. The topological polar surface area (TPSA) is 101 Å². The molecule has 31 heavy (non-hydrogen) atoms. The Morgan fingerprint density at radius 1 is 1.13 bits per heavy atom. The Morgan fingerprint density at radius 2 is 1.97 bits per heavy atom. The molecule has 0 aliphatic rings. The van der Waals surface area contributed by atoms with E-state index in [1.807, 2.05) is 32.0 Å². The van der Waals surface area contributed by atoms with E-state index in [4.69, 9.17) is 11.6 Å². The third-order valence-corrected chi connectivity index (χ3v) is 6.64. The Labute approximate surface area is 190 Å². The van der Waals surface area contributed by atoms with Gasteiger partial charge in [0.2, 0.25) is 5.13 Å². The molecule has 0 bridgehead atoms. The van der Waals surface area contributed by atoms with E-state index in [1.165, 1.54) is 39.8 Å². The first kappa shape index (κ1) is 21.3. The highest BCUT2D eigenvalue weighted by molar-refractivity contribution is 8.00. The van der Waals surface area contributed by atoms with Crippen LogP contribution in [0.5, 0.6) is 0 Å². The summed E-state index contributed by atoms with van der Waals surface area (Å²) in [6, 6.07) is 10.2. The third-order valence-electron chi connectivity index (χ3n) is 4.41. The van der Waals surface area contributed by atoms with Crippen molar-refractivity contribution in [3.05, 3.63) is 74.8 Å². The molecular formula is C20H17ClN6O2S2. The van der Waals surface area contributed by atoms with Gasteiger partial charge in [0.15, 0.2) is 4.34 Å². The molecule has 0 atom stereocenters. The number of carbonyl (C=O) groups excluding carboxylic acids is 1. The van der Waals surface area contributed by atoms with Gasteiger partial charge in [0.05, 0.1) is 10.7 Å². The lowest BCUT2D eigenvalue weighted by molar-refractivity contribution is 0.262. The Balaban J connectivity index is 1.37. The minimum atomic E-state index is -0.390. The Bertz CT molecular complexity index is 1340. The second kappa shape index (κ2) is 9.04. The average molecular weight is 473 g/mol. The molecule has 0 spiro atoms. The van der Waals surface area contributed by atoms with Crippen LogP contribution in [0.25, 0.3) is 5.65 Å². The van der Waals surface area contributed by atoms with Gasteiger partial charge in [0, 0.05) is 23.7 Å². The van der Waals surface area contributed by atoms with Crippen LogP contribution >= 0.6 is 34.7 Å². The zero-order chi connectivity index (χ0) is 22.0. The molecule has 0 radical (unpaired) electrons. The molecule has 2 N–H and O–H groups in total. The molecule has 0 saturated carbocycles. The van der Waals surface area contributed by atoms with E-state index in [9.17, 15) is 9.59 Å². The number of fused-ring (bicyclic) bond motifs is 1. The molecule has 8 nitrogen and oxygen atoms in total. The van der Waals surface area contributed by atoms with Crippen LogP contribution in [0.2, 0.25) is 5.02 Å². The van der Waals surface area contributed by atoms with Crippen LogP contribution in [0.1, 0.15) is 16.8 Å². The molecule has 3 aromatic heterocycles. The summed E-state index contributed by atoms with van der Waals surface area (Å²) in [7, 11) is 0. The Kier molecular flexibility index (Phi) is 6.21. The molecule has 0 aliphatic heterocycles. The van der Waals surface area contributed by atoms with E-state index in [1.54, 1.807) is 12.1 Å². The number of nitrogens with zero attached hydrogens (tertiary/aromatic N) is 4. The number of hydrogen-bond donors (Lipinski definition) is 2. The highest BCUT2D eigenvalue weighted by Gasteiger charge is 2.11. The Hall–Kier alpha value is -2.95. The molecule has 4 aromatic rings. The fourth-order valence-corrected chi connectivity index (χ4v) is 4.53. The highest BCUT2D eigenvalue weighted by Crippen LogP contribution is 2.28. The van der Waals surface area contributed by atoms with Gasteiger partial charge in [-0.2, -0.15) is 0 Å². The maximum atomic E-state index is 12.3. The van der Waals surface area contributed by atoms with Gasteiger partial charge in [-0.25, -0.2) is 9.78 Å². The molecule has 11 heteroatoms. The number of pyridine rings is 1. The first-order chi connectivity index (χ1) is 14.9. The smallest absolute Gasteiger partial charge is 0.308 e. The van der Waals surface area contributed by atoms with Gasteiger partial charge in [-0.15, -0.1) is 10.2 Å². The van der Waals surface area contributed by atoms with Gasteiger partial charge in [-0.3, -0.25) is 14.5 Å². The van der Waals surface area contributed by atoms with Crippen molar-refractivity contribution >= 4 is 57.2 Å². The van der Waals surface area contributed by atoms with Crippen LogP contribution in [0, 0.1) is 13.8 Å². The van der Waals surface area contributed by atoms with Crippen molar-refractivity contribution in [3.63, 3.8) is 0 Å². The SMILES string of the molecule is Cc1ccc(NC(=O)Nc2nnc(SCc3cc(=O)n4cc(Cl)ccc4n3)s2)cc1C. The average Bonchev–Trinajstić information content (AvgIpc) is 3.17. The Morgan fingerprint density at radius 3 is 2.77 bits per heavy atom. The summed E-state index contributed by atoms with van der Waals surface area (Å²) in [5, 5.41) is 14.4. The van der Waals surface area contributed by atoms with Gasteiger partial charge >= 0.3 is 6.03 Å². The highest BCUT2D eigenvalue weighted by atomic mass is 35.5. The van der Waals surface area contributed by atoms with Gasteiger partial charge in [0.1, 0.15) is 5.65 Å². The van der Waals surface area contributed by atoms with E-state index in [-0.39, 0.29) is 11.6 Å². The van der Waals surface area contributed by atoms with Crippen LogP contribution in [0.3, 0.4) is 0 Å². The van der Waals surface area contributed by atoms with Crippen molar-refractivity contribution in [3.8, 4) is 0 Å². The van der Waals surface area contributed by atoms with Crippen LogP contribution in [0.4, 0.5) is 15.6 Å². The molecule has 1 aromatic carbocycles. The van der Waals surface area contributed by atoms with Crippen molar-refractivity contribution in [1.29, 1.82) is 0 Å². The standard InChI is InChI=1S/C20H17ClN6O2S2/c1-11-3-5-14(7-12(11)2)23-18(29)24-19-25-26-20(31-19)30-10-15-8-17(28)27-9-13(21)4-6-16(27)22-15/h3-9H,10H2,1-2H3,(H2,23,24,25,29). The lowest BCUT2D eigenvalue weighted by Gasteiger charge is -2.07. The quantitative estimate of drug-likeness (QED) is 0.321. The summed E-state index contributed by atoms with van der Waals surface area (Å²) in [4.78, 5) is 28.9. The second-order valence-electron chi connectivity index (χ2n) is 6.70. The first-order valence-corrected chi connectivity index (χ1v) is 11.3. The normalized spacial score (nSPS) is 10.9. The van der Waals surface area contributed by atoms with Crippen molar-refractivity contribution in [2.45, 2.75) is 23.9 Å². The van der Waals surface area contributed by atoms with Crippen molar-refractivity contribution in [1.82, 2.24) is 19.6 Å². The van der Waals surface area contributed by atoms with Crippen molar-refractivity contribution < 1.29 is 4.79 Å². The number of amides is 2. The number of aryl methyl sites for hydroxylation is 2. The fraction of sp³-hybridized carbons (Fsp3) is 0.150. The van der Waals surface area contributed by atoms with Crippen LogP contribution < -0.4 is 16.2 Å². The monoisotopic (exact) mass is 472 g/mol. The number of carbonyl (C=O) groups is 1. The molecule has 158 valence electrons. The summed E-state index contributed by atoms with van der Waals surface area (Å²) in [5.74, 6) is 0.442. The number of anilines is 2. The predicted molar refractivity (Wildman–Crippen MR) is 124 cm³/mol. The summed E-state index contributed by atoms with van der Waals surface area (Å²) in [6.45, 7) is 4.00. The molecule has 0 fully saturated rings. The van der Waals surface area contributed by atoms with Gasteiger partial charge in [-0.05, 0) is 49.2 Å². The molecule has 0 unspecified atom stereocenters. The number of thioether (sulfide) groups is 1. The number of rotatable bonds is 5. The maximum Gasteiger partial charge on any atom is 0.325 e. The molecule has 0 saturated heterocycles. The van der Waals surface area contributed by atoms with E-state index in [0.29, 0.717) is 37.3 Å². The van der Waals surface area contributed by atoms with Gasteiger partial charge in [0.25, 0.3) is 5.56 Å². The number of urea groups is 1. The molecular weight excluding hydrogens is 456 g/mol. The molecule has 4 rings (SSSR count). The summed E-state index contributed by atoms with van der Waals surface area (Å²) in [6.07, 6.45) is 1.54. The first-order valence-electron chi connectivity index (χ1n) is 9.17. The minimum Gasteiger partial charge on any atom is -0.308 e. The second-order valence-corrected chi connectivity index (χ2v) is 9.34. The number of halogens is 1. The van der Waals surface area contributed by atoms with E-state index < -0.39 is 0 Å². The van der Waals surface area contributed by atoms with Gasteiger partial charge in [-0.1, -0.05) is 40.8 Å². The maximum absolute atomic E-state index is 12.3. The third kappa shape index (κ3) is 5.22. The van der Waals surface area contributed by atoms with E-state index in [2.05, 4.69) is 25.8 Å². The summed E-state index contributed by atoms with van der Waals surface area (Å²) >= 11 is 8.56. The number of hydrogen-bond acceptors (Lipinski definition) is 7. The van der Waals surface area contributed by atoms with E-state index in [0.717, 1.165) is 11.1 Å². The largest absolute Gasteiger partial charge is 0.325 e. The molecule has 0 aliphatic carbocycles.